The summed E-state index contributed by atoms with van der Waals surface area (Å²) in [7, 11) is 0. The van der Waals surface area contributed by atoms with E-state index in [1.165, 1.54) is 0 Å². The van der Waals surface area contributed by atoms with Gasteiger partial charge in [0.1, 0.15) is 11.5 Å². The summed E-state index contributed by atoms with van der Waals surface area (Å²) in [6, 6.07) is 12.0. The predicted octanol–water partition coefficient (Wildman–Crippen LogP) is 3.20. The van der Waals surface area contributed by atoms with E-state index in [0.29, 0.717) is 30.6 Å². The lowest BCUT2D eigenvalue weighted by Crippen LogP contribution is -2.31. The van der Waals surface area contributed by atoms with E-state index < -0.39 is 0 Å². The van der Waals surface area contributed by atoms with Crippen molar-refractivity contribution in [2.24, 2.45) is 0 Å². The van der Waals surface area contributed by atoms with E-state index in [1.54, 1.807) is 11.0 Å². The molecule has 1 N–H and O–H groups in total. The largest absolute Gasteiger partial charge is 0.367 e. The lowest BCUT2D eigenvalue weighted by molar-refractivity contribution is 0.0767. The fraction of sp³-hybridized carbons (Fsp3) is 0.389. The summed E-state index contributed by atoms with van der Waals surface area (Å²) >= 11 is 0. The maximum absolute atomic E-state index is 12.7. The molecule has 0 bridgehead atoms. The quantitative estimate of drug-likeness (QED) is 0.890. The van der Waals surface area contributed by atoms with Crippen LogP contribution in [0.1, 0.15) is 37.2 Å². The number of hydrogen-bond donors (Lipinski definition) is 1. The van der Waals surface area contributed by atoms with Crippen molar-refractivity contribution in [1.82, 2.24) is 14.9 Å². The highest BCUT2D eigenvalue weighted by Gasteiger charge is 2.23. The molecule has 1 amide bonds. The van der Waals surface area contributed by atoms with Crippen LogP contribution in [-0.2, 0) is 0 Å². The summed E-state index contributed by atoms with van der Waals surface area (Å²) in [5, 5.41) is 3.37. The third-order valence-electron chi connectivity index (χ3n) is 3.96. The first kappa shape index (κ1) is 15.5. The van der Waals surface area contributed by atoms with Gasteiger partial charge in [-0.15, -0.1) is 0 Å². The van der Waals surface area contributed by atoms with Crippen molar-refractivity contribution in [3.05, 3.63) is 42.1 Å². The number of carbonyl (C=O) groups is 1. The minimum atomic E-state index is -0.0478. The van der Waals surface area contributed by atoms with Crippen LogP contribution < -0.4 is 5.32 Å². The molecule has 5 heteroatoms. The summed E-state index contributed by atoms with van der Waals surface area (Å²) in [5.74, 6) is 1.28. The predicted molar refractivity (Wildman–Crippen MR) is 91.4 cm³/mol. The van der Waals surface area contributed by atoms with Gasteiger partial charge in [-0.2, -0.15) is 0 Å². The Morgan fingerprint density at radius 1 is 1.17 bits per heavy atom. The maximum Gasteiger partial charge on any atom is 0.272 e. The highest BCUT2D eigenvalue weighted by molar-refractivity contribution is 5.93. The minimum absolute atomic E-state index is 0.0478. The fourth-order valence-corrected chi connectivity index (χ4v) is 2.46. The van der Waals surface area contributed by atoms with E-state index in [1.807, 2.05) is 44.2 Å². The van der Waals surface area contributed by atoms with Crippen molar-refractivity contribution in [2.75, 3.05) is 18.4 Å². The maximum atomic E-state index is 12.7. The molecule has 2 aromatic rings. The Balaban J connectivity index is 1.99. The molecule has 5 nitrogen and oxygen atoms in total. The van der Waals surface area contributed by atoms with Crippen molar-refractivity contribution in [2.45, 2.75) is 32.7 Å². The third kappa shape index (κ3) is 3.67. The van der Waals surface area contributed by atoms with Gasteiger partial charge in [0.25, 0.3) is 5.91 Å². The van der Waals surface area contributed by atoms with Gasteiger partial charge in [-0.3, -0.25) is 4.79 Å². The summed E-state index contributed by atoms with van der Waals surface area (Å²) in [6.45, 7) is 5.30. The van der Waals surface area contributed by atoms with Gasteiger partial charge in [0.2, 0.25) is 0 Å². The fourth-order valence-electron chi connectivity index (χ4n) is 2.46. The molecular formula is C18H22N4O. The molecular weight excluding hydrogens is 288 g/mol. The van der Waals surface area contributed by atoms with E-state index in [4.69, 9.17) is 0 Å². The van der Waals surface area contributed by atoms with E-state index >= 15 is 0 Å². The molecule has 120 valence electrons. The summed E-state index contributed by atoms with van der Waals surface area (Å²) in [5.41, 5.74) is 1.37. The van der Waals surface area contributed by atoms with Crippen LogP contribution in [0.25, 0.3) is 11.4 Å². The number of benzene rings is 1. The minimum Gasteiger partial charge on any atom is -0.367 e. The molecule has 1 fully saturated rings. The van der Waals surface area contributed by atoms with Crippen LogP contribution in [0.4, 0.5) is 5.82 Å². The second kappa shape index (κ2) is 6.77. The van der Waals surface area contributed by atoms with Gasteiger partial charge in [-0.05, 0) is 26.7 Å². The molecule has 1 aliphatic carbocycles. The number of hydrogen-bond acceptors (Lipinski definition) is 4. The molecule has 0 spiro atoms. The summed E-state index contributed by atoms with van der Waals surface area (Å²) in [4.78, 5) is 23.5. The van der Waals surface area contributed by atoms with Gasteiger partial charge in [0.15, 0.2) is 5.82 Å². The zero-order valence-electron chi connectivity index (χ0n) is 13.6. The van der Waals surface area contributed by atoms with Crippen LogP contribution in [0.3, 0.4) is 0 Å². The molecule has 0 radical (unpaired) electrons. The molecule has 1 aliphatic rings. The average Bonchev–Trinajstić information content (AvgIpc) is 3.40. The standard InChI is InChI=1S/C18H22N4O/c1-3-22(4-2)18(23)15-12-16(19-14-10-11-14)21-17(20-15)13-8-6-5-7-9-13/h5-9,12,14H,3-4,10-11H2,1-2H3,(H,19,20,21). The second-order valence-electron chi connectivity index (χ2n) is 5.72. The van der Waals surface area contributed by atoms with Gasteiger partial charge in [-0.1, -0.05) is 30.3 Å². The topological polar surface area (TPSA) is 58.1 Å². The molecule has 1 aromatic heterocycles. The van der Waals surface area contributed by atoms with E-state index in [-0.39, 0.29) is 5.91 Å². The van der Waals surface area contributed by atoms with Crippen LogP contribution in [-0.4, -0.2) is 39.9 Å². The van der Waals surface area contributed by atoms with Crippen LogP contribution in [0.15, 0.2) is 36.4 Å². The Hall–Kier alpha value is -2.43. The zero-order valence-corrected chi connectivity index (χ0v) is 13.6. The van der Waals surface area contributed by atoms with Crippen LogP contribution in [0.5, 0.6) is 0 Å². The van der Waals surface area contributed by atoms with Crippen LogP contribution in [0.2, 0.25) is 0 Å². The first-order valence-electron chi connectivity index (χ1n) is 8.21. The molecule has 1 saturated carbocycles. The van der Waals surface area contributed by atoms with E-state index in [0.717, 1.165) is 24.2 Å². The van der Waals surface area contributed by atoms with E-state index in [2.05, 4.69) is 15.3 Å². The molecule has 0 unspecified atom stereocenters. The molecule has 23 heavy (non-hydrogen) atoms. The Morgan fingerprint density at radius 2 is 1.87 bits per heavy atom. The molecule has 0 saturated heterocycles. The van der Waals surface area contributed by atoms with Gasteiger partial charge in [0, 0.05) is 30.8 Å². The number of carbonyl (C=O) groups excluding carboxylic acids is 1. The Kier molecular flexibility index (Phi) is 4.55. The van der Waals surface area contributed by atoms with Crippen molar-refractivity contribution in [3.63, 3.8) is 0 Å². The van der Waals surface area contributed by atoms with Crippen LogP contribution >= 0.6 is 0 Å². The highest BCUT2D eigenvalue weighted by atomic mass is 16.2. The van der Waals surface area contributed by atoms with Crippen LogP contribution in [0, 0.1) is 0 Å². The van der Waals surface area contributed by atoms with Crippen molar-refractivity contribution in [1.29, 1.82) is 0 Å². The second-order valence-corrected chi connectivity index (χ2v) is 5.72. The molecule has 3 rings (SSSR count). The number of anilines is 1. The summed E-state index contributed by atoms with van der Waals surface area (Å²) < 4.78 is 0. The molecule has 1 aromatic carbocycles. The Morgan fingerprint density at radius 3 is 2.48 bits per heavy atom. The molecule has 0 aliphatic heterocycles. The van der Waals surface area contributed by atoms with Gasteiger partial charge in [-0.25, -0.2) is 9.97 Å². The normalized spacial score (nSPS) is 13.7. The van der Waals surface area contributed by atoms with Gasteiger partial charge >= 0.3 is 0 Å². The average molecular weight is 310 g/mol. The van der Waals surface area contributed by atoms with Crippen molar-refractivity contribution < 1.29 is 4.79 Å². The summed E-state index contributed by atoms with van der Waals surface area (Å²) in [6.07, 6.45) is 2.31. The smallest absolute Gasteiger partial charge is 0.272 e. The SMILES string of the molecule is CCN(CC)C(=O)c1cc(NC2CC2)nc(-c2ccccc2)n1. The number of nitrogens with zero attached hydrogens (tertiary/aromatic N) is 3. The first-order valence-corrected chi connectivity index (χ1v) is 8.21. The molecule has 0 atom stereocenters. The van der Waals surface area contributed by atoms with Gasteiger partial charge < -0.3 is 10.2 Å². The van der Waals surface area contributed by atoms with E-state index in [9.17, 15) is 4.79 Å². The first-order chi connectivity index (χ1) is 11.2. The third-order valence-corrected chi connectivity index (χ3v) is 3.96. The zero-order chi connectivity index (χ0) is 16.2. The van der Waals surface area contributed by atoms with Crippen molar-refractivity contribution in [3.8, 4) is 11.4 Å². The Labute approximate surface area is 136 Å². The Bertz CT molecular complexity index is 679. The molecule has 1 heterocycles. The van der Waals surface area contributed by atoms with Crippen molar-refractivity contribution >= 4 is 11.7 Å². The monoisotopic (exact) mass is 310 g/mol. The number of amides is 1. The number of nitrogens with one attached hydrogen (secondary N) is 1. The lowest BCUT2D eigenvalue weighted by Gasteiger charge is -2.19. The number of rotatable bonds is 6. The lowest BCUT2D eigenvalue weighted by atomic mass is 10.2. The van der Waals surface area contributed by atoms with Gasteiger partial charge in [0.05, 0.1) is 0 Å². The highest BCUT2D eigenvalue weighted by Crippen LogP contribution is 2.25. The number of aromatic nitrogens is 2.